The summed E-state index contributed by atoms with van der Waals surface area (Å²) in [6.45, 7) is 0.357. The smallest absolute Gasteiger partial charge is 0.406 e. The molecule has 0 radical (unpaired) electrons. The molecule has 0 saturated heterocycles. The van der Waals surface area contributed by atoms with E-state index in [9.17, 15) is 18.0 Å². The van der Waals surface area contributed by atoms with Crippen molar-refractivity contribution in [2.75, 3.05) is 11.9 Å². The van der Waals surface area contributed by atoms with Gasteiger partial charge in [0.15, 0.2) is 11.4 Å². The number of rotatable bonds is 5. The molecule has 1 aliphatic carbocycles. The number of ether oxygens (including phenoxy) is 1. The van der Waals surface area contributed by atoms with Gasteiger partial charge in [0.25, 0.3) is 0 Å². The molecular formula is C18H17Cl2F3N4O2. The lowest BCUT2D eigenvalue weighted by atomic mass is 10.1. The fraction of sp³-hybridized carbons (Fsp3) is 0.389. The van der Waals surface area contributed by atoms with E-state index in [2.05, 4.69) is 20.6 Å². The van der Waals surface area contributed by atoms with Gasteiger partial charge in [-0.2, -0.15) is 13.2 Å². The van der Waals surface area contributed by atoms with Crippen molar-refractivity contribution < 1.29 is 22.7 Å². The number of alkyl halides is 3. The van der Waals surface area contributed by atoms with Gasteiger partial charge in [0.2, 0.25) is 5.95 Å². The highest BCUT2D eigenvalue weighted by Crippen LogP contribution is 2.35. The summed E-state index contributed by atoms with van der Waals surface area (Å²) in [5.74, 6) is -0.817. The van der Waals surface area contributed by atoms with Crippen molar-refractivity contribution in [3.8, 4) is 5.75 Å². The number of hydrogen-bond acceptors (Lipinski definition) is 5. The van der Waals surface area contributed by atoms with Crippen LogP contribution in [0.2, 0.25) is 10.0 Å². The first kappa shape index (κ1) is 21.4. The van der Waals surface area contributed by atoms with E-state index in [1.165, 1.54) is 18.2 Å². The van der Waals surface area contributed by atoms with Crippen molar-refractivity contribution in [2.24, 2.45) is 5.92 Å². The lowest BCUT2D eigenvalue weighted by Crippen LogP contribution is -2.31. The largest absolute Gasteiger partial charge is 0.437 e. The van der Waals surface area contributed by atoms with Gasteiger partial charge in [-0.3, -0.25) is 0 Å². The average molecular weight is 449 g/mol. The summed E-state index contributed by atoms with van der Waals surface area (Å²) in [6, 6.07) is 4.37. The number of nitrogens with zero attached hydrogens (tertiary/aromatic N) is 2. The highest BCUT2D eigenvalue weighted by molar-refractivity contribution is 6.35. The maximum absolute atomic E-state index is 13.4. The number of anilines is 2. The van der Waals surface area contributed by atoms with E-state index < -0.39 is 23.7 Å². The maximum atomic E-state index is 13.4. The maximum Gasteiger partial charge on any atom is 0.437 e. The van der Waals surface area contributed by atoms with E-state index in [1.54, 1.807) is 0 Å². The van der Waals surface area contributed by atoms with Crippen LogP contribution < -0.4 is 15.4 Å². The summed E-state index contributed by atoms with van der Waals surface area (Å²) in [4.78, 5) is 19.1. The summed E-state index contributed by atoms with van der Waals surface area (Å²) >= 11 is 11.7. The van der Waals surface area contributed by atoms with Crippen LogP contribution in [-0.2, 0) is 6.18 Å². The monoisotopic (exact) mass is 448 g/mol. The Balaban J connectivity index is 1.74. The van der Waals surface area contributed by atoms with Crippen molar-refractivity contribution in [3.63, 3.8) is 0 Å². The first-order valence-electron chi connectivity index (χ1n) is 8.84. The molecular weight excluding hydrogens is 432 g/mol. The molecule has 1 amide bonds. The molecule has 156 valence electrons. The number of hydrogen-bond donors (Lipinski definition) is 2. The molecule has 1 fully saturated rings. The molecule has 0 aliphatic heterocycles. The fourth-order valence-corrected chi connectivity index (χ4v) is 3.57. The van der Waals surface area contributed by atoms with Gasteiger partial charge in [0, 0.05) is 22.3 Å². The number of benzene rings is 1. The summed E-state index contributed by atoms with van der Waals surface area (Å²) in [6.07, 6.45) is -0.921. The zero-order chi connectivity index (χ0) is 21.0. The molecule has 1 saturated carbocycles. The minimum Gasteiger partial charge on any atom is -0.406 e. The van der Waals surface area contributed by atoms with Crippen molar-refractivity contribution >= 4 is 40.9 Å². The van der Waals surface area contributed by atoms with Gasteiger partial charge in [-0.1, -0.05) is 36.0 Å². The second kappa shape index (κ2) is 9.04. The van der Waals surface area contributed by atoms with Crippen LogP contribution in [0.4, 0.5) is 29.6 Å². The van der Waals surface area contributed by atoms with Gasteiger partial charge >= 0.3 is 12.3 Å². The molecule has 3 rings (SSSR count). The minimum atomic E-state index is -4.85. The molecule has 1 aromatic carbocycles. The highest BCUT2D eigenvalue weighted by atomic mass is 35.5. The van der Waals surface area contributed by atoms with E-state index in [-0.39, 0.29) is 16.0 Å². The Labute approximate surface area is 174 Å². The Morgan fingerprint density at radius 1 is 1.17 bits per heavy atom. The molecule has 6 nitrogen and oxygen atoms in total. The zero-order valence-corrected chi connectivity index (χ0v) is 16.5. The molecule has 11 heteroatoms. The van der Waals surface area contributed by atoms with Crippen molar-refractivity contribution in [1.29, 1.82) is 0 Å². The number of nitrogens with one attached hydrogen (secondary N) is 2. The van der Waals surface area contributed by atoms with Crippen molar-refractivity contribution in [2.45, 2.75) is 31.9 Å². The van der Waals surface area contributed by atoms with E-state index in [0.29, 0.717) is 18.2 Å². The molecule has 2 aromatic rings. The summed E-state index contributed by atoms with van der Waals surface area (Å²) < 4.78 is 45.0. The predicted molar refractivity (Wildman–Crippen MR) is 103 cm³/mol. The van der Waals surface area contributed by atoms with Gasteiger partial charge in [0.1, 0.15) is 0 Å². The minimum absolute atomic E-state index is 0.287. The Kier molecular flexibility index (Phi) is 6.69. The third-order valence-electron chi connectivity index (χ3n) is 4.35. The van der Waals surface area contributed by atoms with Crippen LogP contribution in [0.25, 0.3) is 0 Å². The van der Waals surface area contributed by atoms with Crippen LogP contribution in [0.1, 0.15) is 31.4 Å². The lowest BCUT2D eigenvalue weighted by molar-refractivity contribution is -0.142. The van der Waals surface area contributed by atoms with Crippen LogP contribution in [0.5, 0.6) is 5.75 Å². The number of carbonyl (C=O) groups excluding carboxylic acids is 1. The second-order valence-electron chi connectivity index (χ2n) is 6.61. The zero-order valence-electron chi connectivity index (χ0n) is 15.0. The number of amides is 1. The van der Waals surface area contributed by atoms with Gasteiger partial charge in [-0.05, 0) is 37.0 Å². The molecule has 1 heterocycles. The topological polar surface area (TPSA) is 76.1 Å². The van der Waals surface area contributed by atoms with Gasteiger partial charge in [-0.15, -0.1) is 0 Å². The van der Waals surface area contributed by atoms with Gasteiger partial charge in [0.05, 0.1) is 6.20 Å². The Morgan fingerprint density at radius 2 is 1.83 bits per heavy atom. The van der Waals surface area contributed by atoms with Crippen LogP contribution in [0.3, 0.4) is 0 Å². The van der Waals surface area contributed by atoms with E-state index in [4.69, 9.17) is 27.9 Å². The third-order valence-corrected chi connectivity index (χ3v) is 4.79. The predicted octanol–water partition coefficient (Wildman–Crippen LogP) is 5.82. The molecule has 1 aliphatic rings. The summed E-state index contributed by atoms with van der Waals surface area (Å²) in [5, 5.41) is 5.66. The summed E-state index contributed by atoms with van der Waals surface area (Å²) in [7, 11) is 0. The van der Waals surface area contributed by atoms with Crippen LogP contribution in [-0.4, -0.2) is 22.6 Å². The van der Waals surface area contributed by atoms with E-state index in [1.807, 2.05) is 0 Å². The lowest BCUT2D eigenvalue weighted by Gasteiger charge is -2.15. The molecule has 0 atom stereocenters. The second-order valence-corrected chi connectivity index (χ2v) is 7.48. The average Bonchev–Trinajstić information content (AvgIpc) is 3.13. The molecule has 1 aromatic heterocycles. The molecule has 0 bridgehead atoms. The molecule has 2 N–H and O–H groups in total. The van der Waals surface area contributed by atoms with E-state index >= 15 is 0 Å². The third kappa shape index (κ3) is 6.11. The molecule has 0 spiro atoms. The standard InChI is InChI=1S/C18H17Cl2F3N4O2/c19-11-5-12(20)7-13(6-11)26-16-24-9-14(15(27-16)18(21,22)23)29-17(28)25-8-10-3-1-2-4-10/h5-7,9-10H,1-4,8H2,(H,25,28)(H,24,26,27). The van der Waals surface area contributed by atoms with Crippen LogP contribution >= 0.6 is 23.2 Å². The van der Waals surface area contributed by atoms with Gasteiger partial charge < -0.3 is 15.4 Å². The SMILES string of the molecule is O=C(NCC1CCCC1)Oc1cnc(Nc2cc(Cl)cc(Cl)c2)nc1C(F)(F)F. The van der Waals surface area contributed by atoms with Crippen LogP contribution in [0, 0.1) is 5.92 Å². The quantitative estimate of drug-likeness (QED) is 0.601. The Bertz CT molecular complexity index is 870. The molecule has 0 unspecified atom stereocenters. The first-order valence-corrected chi connectivity index (χ1v) is 9.59. The van der Waals surface area contributed by atoms with Gasteiger partial charge in [-0.25, -0.2) is 14.8 Å². The van der Waals surface area contributed by atoms with Crippen molar-refractivity contribution in [3.05, 3.63) is 40.1 Å². The summed E-state index contributed by atoms with van der Waals surface area (Å²) in [5.41, 5.74) is -1.07. The van der Waals surface area contributed by atoms with Crippen LogP contribution in [0.15, 0.2) is 24.4 Å². The first-order chi connectivity index (χ1) is 13.7. The van der Waals surface area contributed by atoms with Crippen molar-refractivity contribution in [1.82, 2.24) is 15.3 Å². The Hall–Kier alpha value is -2.26. The number of halogens is 5. The number of aromatic nitrogens is 2. The number of carbonyl (C=O) groups is 1. The fourth-order valence-electron chi connectivity index (χ4n) is 3.04. The normalized spacial score (nSPS) is 14.7. The Morgan fingerprint density at radius 3 is 2.45 bits per heavy atom. The molecule has 29 heavy (non-hydrogen) atoms. The highest BCUT2D eigenvalue weighted by Gasteiger charge is 2.38. The van der Waals surface area contributed by atoms with E-state index in [0.717, 1.165) is 31.9 Å².